The van der Waals surface area contributed by atoms with Crippen molar-refractivity contribution in [3.05, 3.63) is 0 Å². The van der Waals surface area contributed by atoms with Gasteiger partial charge < -0.3 is 10.8 Å². The molecule has 0 saturated heterocycles. The van der Waals surface area contributed by atoms with Gasteiger partial charge in [0.25, 0.3) is 0 Å². The number of rotatable bonds is 4. The van der Waals surface area contributed by atoms with Gasteiger partial charge in [-0.2, -0.15) is 0 Å². The van der Waals surface area contributed by atoms with Gasteiger partial charge >= 0.3 is 0 Å². The van der Waals surface area contributed by atoms with Crippen molar-refractivity contribution in [2.75, 3.05) is 26.2 Å². The van der Waals surface area contributed by atoms with E-state index >= 15 is 0 Å². The molecule has 0 aromatic heterocycles. The third kappa shape index (κ3) is 5.14. The molecule has 0 bridgehead atoms. The summed E-state index contributed by atoms with van der Waals surface area (Å²) >= 11 is 0. The summed E-state index contributed by atoms with van der Waals surface area (Å²) in [5.74, 6) is 5.55. The van der Waals surface area contributed by atoms with Crippen LogP contribution in [0.25, 0.3) is 0 Å². The van der Waals surface area contributed by atoms with E-state index in [9.17, 15) is 0 Å². The highest BCUT2D eigenvalue weighted by Crippen LogP contribution is 1.84. The molecule has 3 N–H and O–H groups in total. The lowest BCUT2D eigenvalue weighted by molar-refractivity contribution is 0.240. The molecule has 0 fully saturated rings. The molecular weight excluding hydrogens is 152 g/mol. The Kier molecular flexibility index (Phi) is 6.78. The Hall–Kier alpha value is -0.560. The van der Waals surface area contributed by atoms with Crippen molar-refractivity contribution in [1.29, 1.82) is 0 Å². The Morgan fingerprint density at radius 3 is 2.42 bits per heavy atom. The van der Waals surface area contributed by atoms with Crippen molar-refractivity contribution in [2.45, 2.75) is 20.0 Å². The van der Waals surface area contributed by atoms with Gasteiger partial charge in [-0.15, -0.1) is 0 Å². The van der Waals surface area contributed by atoms with E-state index in [1.54, 1.807) is 0 Å². The van der Waals surface area contributed by atoms with Crippen molar-refractivity contribution in [2.24, 2.45) is 5.73 Å². The standard InChI is InChI=1S/C9H18N2O/c1-3-11(4-2)7-5-6-9(12)8-10/h9,12H,3-4,7-8,10H2,1-2H3. The van der Waals surface area contributed by atoms with Crippen LogP contribution in [0.1, 0.15) is 13.8 Å². The van der Waals surface area contributed by atoms with Gasteiger partial charge in [0.2, 0.25) is 0 Å². The van der Waals surface area contributed by atoms with E-state index in [1.165, 1.54) is 0 Å². The molecule has 1 atom stereocenters. The van der Waals surface area contributed by atoms with Crippen molar-refractivity contribution in [3.8, 4) is 11.8 Å². The van der Waals surface area contributed by atoms with Gasteiger partial charge in [-0.1, -0.05) is 25.7 Å². The third-order valence-corrected chi connectivity index (χ3v) is 1.69. The lowest BCUT2D eigenvalue weighted by Crippen LogP contribution is -2.23. The normalized spacial score (nSPS) is 12.4. The molecule has 0 heterocycles. The molecule has 0 aliphatic carbocycles. The minimum Gasteiger partial charge on any atom is -0.379 e. The van der Waals surface area contributed by atoms with Gasteiger partial charge in [-0.25, -0.2) is 0 Å². The molecule has 0 rings (SSSR count). The highest BCUT2D eigenvalue weighted by molar-refractivity contribution is 5.06. The average Bonchev–Trinajstić information content (AvgIpc) is 2.12. The van der Waals surface area contributed by atoms with Crippen LogP contribution in [0.15, 0.2) is 0 Å². The second-order valence-corrected chi connectivity index (χ2v) is 2.53. The van der Waals surface area contributed by atoms with Gasteiger partial charge in [0, 0.05) is 6.54 Å². The minimum atomic E-state index is -0.666. The first kappa shape index (κ1) is 11.4. The molecular formula is C9H18N2O. The van der Waals surface area contributed by atoms with Gasteiger partial charge in [-0.05, 0) is 13.1 Å². The maximum Gasteiger partial charge on any atom is 0.126 e. The van der Waals surface area contributed by atoms with Crippen LogP contribution in [-0.4, -0.2) is 42.3 Å². The third-order valence-electron chi connectivity index (χ3n) is 1.69. The summed E-state index contributed by atoms with van der Waals surface area (Å²) in [4.78, 5) is 2.18. The summed E-state index contributed by atoms with van der Waals surface area (Å²) in [7, 11) is 0. The smallest absolute Gasteiger partial charge is 0.126 e. The molecule has 0 aliphatic heterocycles. The van der Waals surface area contributed by atoms with Gasteiger partial charge in [0.15, 0.2) is 0 Å². The fraction of sp³-hybridized carbons (Fsp3) is 0.778. The van der Waals surface area contributed by atoms with Crippen LogP contribution in [0.5, 0.6) is 0 Å². The van der Waals surface area contributed by atoms with E-state index in [1.807, 2.05) is 0 Å². The molecule has 3 nitrogen and oxygen atoms in total. The minimum absolute atomic E-state index is 0.214. The summed E-state index contributed by atoms with van der Waals surface area (Å²) in [6.07, 6.45) is -0.666. The average molecular weight is 170 g/mol. The number of aliphatic hydroxyl groups is 1. The van der Waals surface area contributed by atoms with Crippen LogP contribution < -0.4 is 5.73 Å². The van der Waals surface area contributed by atoms with E-state index in [-0.39, 0.29) is 6.54 Å². The number of nitrogens with two attached hydrogens (primary N) is 1. The SMILES string of the molecule is CCN(CC)CC#CC(O)CN. The maximum atomic E-state index is 9.00. The largest absolute Gasteiger partial charge is 0.379 e. The van der Waals surface area contributed by atoms with Crippen LogP contribution in [0.2, 0.25) is 0 Å². The second-order valence-electron chi connectivity index (χ2n) is 2.53. The van der Waals surface area contributed by atoms with Gasteiger partial charge in [0.05, 0.1) is 6.54 Å². The van der Waals surface area contributed by atoms with E-state index in [0.29, 0.717) is 6.54 Å². The Labute approximate surface area is 74.6 Å². The lowest BCUT2D eigenvalue weighted by Gasteiger charge is -2.13. The van der Waals surface area contributed by atoms with Crippen molar-refractivity contribution in [3.63, 3.8) is 0 Å². The fourth-order valence-corrected chi connectivity index (χ4v) is 0.781. The molecule has 0 radical (unpaired) electrons. The van der Waals surface area contributed by atoms with Crippen LogP contribution in [-0.2, 0) is 0 Å². The highest BCUT2D eigenvalue weighted by atomic mass is 16.3. The molecule has 0 aliphatic rings. The summed E-state index contributed by atoms with van der Waals surface area (Å²) in [5, 5.41) is 9.00. The molecule has 12 heavy (non-hydrogen) atoms. The Bertz CT molecular complexity index is 156. The summed E-state index contributed by atoms with van der Waals surface area (Å²) < 4.78 is 0. The molecule has 0 saturated carbocycles. The van der Waals surface area contributed by atoms with E-state index in [0.717, 1.165) is 13.1 Å². The number of hydrogen-bond acceptors (Lipinski definition) is 3. The van der Waals surface area contributed by atoms with Crippen molar-refractivity contribution in [1.82, 2.24) is 4.90 Å². The first-order chi connectivity index (χ1) is 5.74. The zero-order chi connectivity index (χ0) is 9.40. The van der Waals surface area contributed by atoms with Crippen LogP contribution >= 0.6 is 0 Å². The molecule has 0 aromatic carbocycles. The van der Waals surface area contributed by atoms with Gasteiger partial charge in [0.1, 0.15) is 6.10 Å². The fourth-order valence-electron chi connectivity index (χ4n) is 0.781. The topological polar surface area (TPSA) is 49.5 Å². The summed E-state index contributed by atoms with van der Waals surface area (Å²) in [5.41, 5.74) is 5.19. The summed E-state index contributed by atoms with van der Waals surface area (Å²) in [6.45, 7) is 7.08. The van der Waals surface area contributed by atoms with Crippen molar-refractivity contribution >= 4 is 0 Å². The highest BCUT2D eigenvalue weighted by Gasteiger charge is 1.95. The van der Waals surface area contributed by atoms with E-state index in [2.05, 4.69) is 30.6 Å². The zero-order valence-corrected chi connectivity index (χ0v) is 7.88. The first-order valence-electron chi connectivity index (χ1n) is 4.33. The second kappa shape index (κ2) is 7.11. The van der Waals surface area contributed by atoms with Crippen LogP contribution in [0.4, 0.5) is 0 Å². The summed E-state index contributed by atoms with van der Waals surface area (Å²) in [6, 6.07) is 0. The predicted molar refractivity (Wildman–Crippen MR) is 50.6 cm³/mol. The number of hydrogen-bond donors (Lipinski definition) is 2. The quantitative estimate of drug-likeness (QED) is 0.567. The predicted octanol–water partition coefficient (Wildman–Crippen LogP) is -0.349. The van der Waals surface area contributed by atoms with Crippen molar-refractivity contribution < 1.29 is 5.11 Å². The Morgan fingerprint density at radius 2 is 2.00 bits per heavy atom. The van der Waals surface area contributed by atoms with Crippen LogP contribution in [0, 0.1) is 11.8 Å². The molecule has 1 unspecified atom stereocenters. The molecule has 70 valence electrons. The molecule has 3 heteroatoms. The van der Waals surface area contributed by atoms with Gasteiger partial charge in [-0.3, -0.25) is 4.90 Å². The number of nitrogens with zero attached hydrogens (tertiary/aromatic N) is 1. The monoisotopic (exact) mass is 170 g/mol. The first-order valence-corrected chi connectivity index (χ1v) is 4.33. The number of aliphatic hydroxyl groups excluding tert-OH is 1. The maximum absolute atomic E-state index is 9.00. The van der Waals surface area contributed by atoms with Crippen LogP contribution in [0.3, 0.4) is 0 Å². The molecule has 0 amide bonds. The lowest BCUT2D eigenvalue weighted by atomic mass is 10.3. The molecule has 0 aromatic rings. The molecule has 0 spiro atoms. The van der Waals surface area contributed by atoms with E-state index < -0.39 is 6.10 Å². The Balaban J connectivity index is 3.67. The van der Waals surface area contributed by atoms with E-state index in [4.69, 9.17) is 10.8 Å². The Morgan fingerprint density at radius 1 is 1.42 bits per heavy atom. The zero-order valence-electron chi connectivity index (χ0n) is 7.88.